The van der Waals surface area contributed by atoms with Gasteiger partial charge in [0.05, 0.1) is 12.7 Å². The first kappa shape index (κ1) is 27.6. The van der Waals surface area contributed by atoms with E-state index >= 15 is 0 Å². The molecule has 0 bridgehead atoms. The standard InChI is InChI=1S/C26H36N8O7/c1-32-16(35)11-17(32)40-26(39)33-9-7-13(8-10-33)3-2-4-15-30-22(27)18-23(31-15)34(12-28-18)25-20(37)19(36)21(41-25)24(38)29-14-5-6-14/h12-14,17,19-21,25,36-37H,2-11H2,1H3,(H,29,38)(H2,27,30,31)/t17?,19-,20?,21+,25-/m1/s1. The normalized spacial score (nSPS) is 28.7. The summed E-state index contributed by atoms with van der Waals surface area (Å²) in [5, 5.41) is 24.0. The van der Waals surface area contributed by atoms with Crippen molar-refractivity contribution < 1.29 is 34.1 Å². The molecular weight excluding hydrogens is 536 g/mol. The number of aliphatic hydroxyl groups is 2. The molecule has 222 valence electrons. The number of aliphatic hydroxyl groups excluding tert-OH is 2. The lowest BCUT2D eigenvalue weighted by atomic mass is 9.91. The number of nitrogen functional groups attached to an aromatic ring is 1. The average Bonchev–Trinajstić information content (AvgIpc) is 3.60. The second-order valence-electron chi connectivity index (χ2n) is 11.4. The molecule has 2 aromatic heterocycles. The largest absolute Gasteiger partial charge is 0.425 e. The molecule has 41 heavy (non-hydrogen) atoms. The molecule has 4 aliphatic rings. The fraction of sp³-hybridized carbons (Fsp3) is 0.692. The predicted molar refractivity (Wildman–Crippen MR) is 142 cm³/mol. The number of carbonyl (C=O) groups excluding carboxylic acids is 3. The molecule has 5 atom stereocenters. The minimum absolute atomic E-state index is 0.0269. The van der Waals surface area contributed by atoms with Crippen molar-refractivity contribution >= 4 is 34.9 Å². The quantitative estimate of drug-likeness (QED) is 0.302. The van der Waals surface area contributed by atoms with Gasteiger partial charge in [-0.3, -0.25) is 14.2 Å². The number of β-lactam (4-membered cyclic amide) rings is 1. The Labute approximate surface area is 236 Å². The summed E-state index contributed by atoms with van der Waals surface area (Å²) in [5.74, 6) is 0.686. The number of imidazole rings is 1. The lowest BCUT2D eigenvalue weighted by Gasteiger charge is -2.38. The first-order valence-corrected chi connectivity index (χ1v) is 14.2. The molecule has 2 aromatic rings. The summed E-state index contributed by atoms with van der Waals surface area (Å²) in [7, 11) is 1.63. The van der Waals surface area contributed by atoms with E-state index in [9.17, 15) is 24.6 Å². The van der Waals surface area contributed by atoms with Crippen LogP contribution in [0.3, 0.4) is 0 Å². The number of likely N-dealkylation sites (tertiary alicyclic amines) is 2. The fourth-order valence-electron chi connectivity index (χ4n) is 5.64. The van der Waals surface area contributed by atoms with Gasteiger partial charge in [0.25, 0.3) is 5.91 Å². The molecule has 5 heterocycles. The number of aryl methyl sites for hydroxylation is 1. The molecule has 6 rings (SSSR count). The maximum Gasteiger partial charge on any atom is 0.411 e. The lowest BCUT2D eigenvalue weighted by Crippen LogP contribution is -2.54. The van der Waals surface area contributed by atoms with Crippen LogP contribution >= 0.6 is 0 Å². The van der Waals surface area contributed by atoms with E-state index in [0.29, 0.717) is 42.4 Å². The number of nitrogens with two attached hydrogens (primary N) is 1. The zero-order chi connectivity index (χ0) is 28.8. The Morgan fingerprint density at radius 2 is 1.93 bits per heavy atom. The van der Waals surface area contributed by atoms with E-state index in [1.807, 2.05) is 0 Å². The maximum absolute atomic E-state index is 12.5. The third-order valence-electron chi connectivity index (χ3n) is 8.49. The molecule has 4 fully saturated rings. The lowest BCUT2D eigenvalue weighted by molar-refractivity contribution is -0.161. The van der Waals surface area contributed by atoms with Gasteiger partial charge in [-0.1, -0.05) is 0 Å². The number of amides is 3. The zero-order valence-corrected chi connectivity index (χ0v) is 22.9. The molecule has 2 unspecified atom stereocenters. The number of hydrogen-bond donors (Lipinski definition) is 4. The average molecular weight is 573 g/mol. The van der Waals surface area contributed by atoms with Crippen molar-refractivity contribution in [1.29, 1.82) is 0 Å². The van der Waals surface area contributed by atoms with E-state index in [2.05, 4.69) is 20.3 Å². The summed E-state index contributed by atoms with van der Waals surface area (Å²) >= 11 is 0. The van der Waals surface area contributed by atoms with Crippen LogP contribution in [0.15, 0.2) is 6.33 Å². The van der Waals surface area contributed by atoms with Crippen LogP contribution in [-0.4, -0.2) is 108 Å². The number of ether oxygens (including phenoxy) is 2. The van der Waals surface area contributed by atoms with Gasteiger partial charge in [-0.05, 0) is 44.4 Å². The second-order valence-corrected chi connectivity index (χ2v) is 11.4. The summed E-state index contributed by atoms with van der Waals surface area (Å²) in [4.78, 5) is 52.7. The summed E-state index contributed by atoms with van der Waals surface area (Å²) in [6, 6.07) is 0.0926. The van der Waals surface area contributed by atoms with Gasteiger partial charge in [-0.2, -0.15) is 0 Å². The van der Waals surface area contributed by atoms with Crippen LogP contribution in [0.1, 0.15) is 57.0 Å². The number of nitrogens with one attached hydrogen (secondary N) is 1. The molecule has 15 nitrogen and oxygen atoms in total. The summed E-state index contributed by atoms with van der Waals surface area (Å²) < 4.78 is 12.7. The highest BCUT2D eigenvalue weighted by molar-refractivity contribution is 5.84. The van der Waals surface area contributed by atoms with Crippen LogP contribution in [0.5, 0.6) is 0 Å². The first-order chi connectivity index (χ1) is 19.7. The number of nitrogens with zero attached hydrogens (tertiary/aromatic N) is 6. The molecule has 3 aliphatic heterocycles. The molecule has 1 aliphatic carbocycles. The Morgan fingerprint density at radius 1 is 1.17 bits per heavy atom. The minimum atomic E-state index is -1.40. The molecule has 15 heteroatoms. The first-order valence-electron chi connectivity index (χ1n) is 14.2. The van der Waals surface area contributed by atoms with Crippen molar-refractivity contribution in [1.82, 2.24) is 34.6 Å². The van der Waals surface area contributed by atoms with Gasteiger partial charge in [-0.25, -0.2) is 19.7 Å². The van der Waals surface area contributed by atoms with E-state index in [1.165, 1.54) is 15.8 Å². The molecule has 1 saturated carbocycles. The number of fused-ring (bicyclic) bond motifs is 1. The van der Waals surface area contributed by atoms with E-state index in [4.69, 9.17) is 15.2 Å². The Balaban J connectivity index is 1.03. The molecule has 3 amide bonds. The van der Waals surface area contributed by atoms with Crippen molar-refractivity contribution in [3.05, 3.63) is 12.2 Å². The SMILES string of the molecule is CN1C(=O)CC1OC(=O)N1CCC(CCCc2nc(N)c3ncn([C@@H]4O[C@H](C(=O)NC5CC5)[C@H](O)C4O)c3n2)CC1. The second kappa shape index (κ2) is 11.0. The summed E-state index contributed by atoms with van der Waals surface area (Å²) in [6.07, 6.45) is 1.61. The van der Waals surface area contributed by atoms with E-state index < -0.39 is 36.7 Å². The number of aromatic nitrogens is 4. The highest BCUT2D eigenvalue weighted by Crippen LogP contribution is 2.33. The number of rotatable bonds is 8. The van der Waals surface area contributed by atoms with Gasteiger partial charge in [0.15, 0.2) is 30.0 Å². The van der Waals surface area contributed by atoms with Gasteiger partial charge < -0.3 is 40.5 Å². The van der Waals surface area contributed by atoms with Gasteiger partial charge >= 0.3 is 6.09 Å². The molecule has 0 spiro atoms. The van der Waals surface area contributed by atoms with E-state index in [-0.39, 0.29) is 30.3 Å². The molecule has 3 saturated heterocycles. The molecular formula is C26H36N8O7. The van der Waals surface area contributed by atoms with Crippen LogP contribution in [0.4, 0.5) is 10.6 Å². The number of hydrogen-bond acceptors (Lipinski definition) is 11. The van der Waals surface area contributed by atoms with E-state index in [0.717, 1.165) is 38.5 Å². The van der Waals surface area contributed by atoms with Crippen molar-refractivity contribution in [2.75, 3.05) is 25.9 Å². The van der Waals surface area contributed by atoms with Gasteiger partial charge in [-0.15, -0.1) is 0 Å². The maximum atomic E-state index is 12.5. The topological polar surface area (TPSA) is 198 Å². The third-order valence-corrected chi connectivity index (χ3v) is 8.49. The molecule has 0 radical (unpaired) electrons. The zero-order valence-electron chi connectivity index (χ0n) is 22.9. The third kappa shape index (κ3) is 5.53. The Kier molecular flexibility index (Phi) is 7.42. The minimum Gasteiger partial charge on any atom is -0.425 e. The van der Waals surface area contributed by atoms with E-state index in [1.54, 1.807) is 11.9 Å². The fourth-order valence-corrected chi connectivity index (χ4v) is 5.64. The monoisotopic (exact) mass is 572 g/mol. The highest BCUT2D eigenvalue weighted by Gasteiger charge is 2.48. The Bertz CT molecular complexity index is 1320. The number of carbonyl (C=O) groups is 3. The van der Waals surface area contributed by atoms with Crippen molar-refractivity contribution in [3.8, 4) is 0 Å². The van der Waals surface area contributed by atoms with Crippen molar-refractivity contribution in [2.45, 2.75) is 88.2 Å². The number of piperidine rings is 1. The van der Waals surface area contributed by atoms with Crippen LogP contribution in [0.25, 0.3) is 11.2 Å². The summed E-state index contributed by atoms with van der Waals surface area (Å²) in [5.41, 5.74) is 6.88. The smallest absolute Gasteiger partial charge is 0.411 e. The highest BCUT2D eigenvalue weighted by atomic mass is 16.6. The summed E-state index contributed by atoms with van der Waals surface area (Å²) in [6.45, 7) is 1.22. The Morgan fingerprint density at radius 3 is 2.61 bits per heavy atom. The molecule has 5 N–H and O–H groups in total. The van der Waals surface area contributed by atoms with Crippen molar-refractivity contribution in [3.63, 3.8) is 0 Å². The Hall–Kier alpha value is -3.56. The van der Waals surface area contributed by atoms with Crippen LogP contribution < -0.4 is 11.1 Å². The number of anilines is 1. The van der Waals surface area contributed by atoms with Gasteiger partial charge in [0.2, 0.25) is 5.91 Å². The predicted octanol–water partition coefficient (Wildman–Crippen LogP) is -0.334. The van der Waals surface area contributed by atoms with Crippen molar-refractivity contribution in [2.24, 2.45) is 5.92 Å². The molecule has 0 aromatic carbocycles. The van der Waals surface area contributed by atoms with Gasteiger partial charge in [0.1, 0.15) is 23.5 Å². The van der Waals surface area contributed by atoms with Crippen LogP contribution in [0.2, 0.25) is 0 Å². The van der Waals surface area contributed by atoms with Crippen LogP contribution in [-0.2, 0) is 25.5 Å². The van der Waals surface area contributed by atoms with Gasteiger partial charge in [0, 0.05) is 32.6 Å². The van der Waals surface area contributed by atoms with Crippen LogP contribution in [0, 0.1) is 5.92 Å².